The van der Waals surface area contributed by atoms with Crippen LogP contribution in [0.5, 0.6) is 5.75 Å². The van der Waals surface area contributed by atoms with Gasteiger partial charge in [-0.3, -0.25) is 4.98 Å². The van der Waals surface area contributed by atoms with Gasteiger partial charge in [-0.25, -0.2) is 12.7 Å². The average molecular weight is 441 g/mol. The maximum absolute atomic E-state index is 13.5. The lowest BCUT2D eigenvalue weighted by Crippen LogP contribution is -2.35. The summed E-state index contributed by atoms with van der Waals surface area (Å²) in [5.41, 5.74) is 1.61. The molecular formula is C19H21ClN2O4S2. The minimum absolute atomic E-state index is 0.120. The van der Waals surface area contributed by atoms with Crippen molar-refractivity contribution in [2.45, 2.75) is 25.5 Å². The highest BCUT2D eigenvalue weighted by Gasteiger charge is 2.48. The zero-order valence-electron chi connectivity index (χ0n) is 16.1. The molecular weight excluding hydrogens is 420 g/mol. The molecule has 0 radical (unpaired) electrons. The molecule has 9 heteroatoms. The van der Waals surface area contributed by atoms with E-state index in [0.29, 0.717) is 11.3 Å². The van der Waals surface area contributed by atoms with E-state index in [9.17, 15) is 13.5 Å². The number of aromatic nitrogens is 1. The third kappa shape index (κ3) is 3.18. The van der Waals surface area contributed by atoms with Gasteiger partial charge in [0.1, 0.15) is 22.8 Å². The molecule has 1 aliphatic heterocycles. The molecule has 1 aromatic carbocycles. The molecule has 0 aliphatic carbocycles. The first-order valence-corrected chi connectivity index (χ1v) is 11.0. The number of hydrogen-bond donors (Lipinski definition) is 1. The van der Waals surface area contributed by atoms with Gasteiger partial charge in [0.15, 0.2) is 21.3 Å². The van der Waals surface area contributed by atoms with Crippen molar-refractivity contribution < 1.29 is 17.7 Å². The predicted molar refractivity (Wildman–Crippen MR) is 114 cm³/mol. The van der Waals surface area contributed by atoms with Crippen LogP contribution in [0.1, 0.15) is 36.2 Å². The SMILES string of the molecule is Cc1ccc(C2=C(O)c3ncccc3C(C)(C)S2(=O)=O)c(Cl)c1OSN(C)C. The Morgan fingerprint density at radius 3 is 2.57 bits per heavy atom. The molecule has 0 saturated carbocycles. The molecule has 0 saturated heterocycles. The lowest BCUT2D eigenvalue weighted by atomic mass is 9.97. The normalized spacial score (nSPS) is 17.5. The summed E-state index contributed by atoms with van der Waals surface area (Å²) in [7, 11) is -0.352. The van der Waals surface area contributed by atoms with Gasteiger partial charge >= 0.3 is 0 Å². The molecule has 0 spiro atoms. The van der Waals surface area contributed by atoms with Gasteiger partial charge in [0.2, 0.25) is 0 Å². The van der Waals surface area contributed by atoms with Crippen molar-refractivity contribution in [2.75, 3.05) is 14.1 Å². The molecule has 0 unspecified atom stereocenters. The summed E-state index contributed by atoms with van der Waals surface area (Å²) >= 11 is 7.62. The van der Waals surface area contributed by atoms with Crippen LogP contribution in [0.15, 0.2) is 30.5 Å². The number of aryl methyl sites for hydroxylation is 1. The smallest absolute Gasteiger partial charge is 0.192 e. The molecule has 1 aromatic heterocycles. The van der Waals surface area contributed by atoms with Gasteiger partial charge in [-0.15, -0.1) is 0 Å². The van der Waals surface area contributed by atoms with Crippen molar-refractivity contribution in [3.05, 3.63) is 57.9 Å². The lowest BCUT2D eigenvalue weighted by Gasteiger charge is -2.33. The Kier molecular flexibility index (Phi) is 5.44. The Morgan fingerprint density at radius 1 is 1.25 bits per heavy atom. The van der Waals surface area contributed by atoms with E-state index >= 15 is 0 Å². The number of benzene rings is 1. The summed E-state index contributed by atoms with van der Waals surface area (Å²) in [6.45, 7) is 5.00. The van der Waals surface area contributed by atoms with Gasteiger partial charge < -0.3 is 9.29 Å². The highest BCUT2D eigenvalue weighted by atomic mass is 35.5. The second kappa shape index (κ2) is 7.26. The number of halogens is 1. The fourth-order valence-corrected chi connectivity index (χ4v) is 5.69. The Morgan fingerprint density at radius 2 is 1.93 bits per heavy atom. The number of hydrogen-bond acceptors (Lipinski definition) is 7. The highest BCUT2D eigenvalue weighted by molar-refractivity contribution is 8.01. The van der Waals surface area contributed by atoms with Crippen molar-refractivity contribution in [2.24, 2.45) is 0 Å². The summed E-state index contributed by atoms with van der Waals surface area (Å²) in [6.07, 6.45) is 1.51. The maximum atomic E-state index is 13.5. The van der Waals surface area contributed by atoms with Crippen LogP contribution in [0.2, 0.25) is 5.02 Å². The first kappa shape index (κ1) is 21.0. The van der Waals surface area contributed by atoms with Crippen molar-refractivity contribution >= 4 is 44.3 Å². The van der Waals surface area contributed by atoms with E-state index in [4.69, 9.17) is 15.8 Å². The van der Waals surface area contributed by atoms with Crippen LogP contribution in [-0.4, -0.2) is 36.9 Å². The molecule has 0 fully saturated rings. The molecule has 0 bridgehead atoms. The van der Waals surface area contributed by atoms with Crippen LogP contribution in [0, 0.1) is 6.92 Å². The fraction of sp³-hybridized carbons (Fsp3) is 0.316. The van der Waals surface area contributed by atoms with Crippen molar-refractivity contribution in [3.63, 3.8) is 0 Å². The predicted octanol–water partition coefficient (Wildman–Crippen LogP) is 4.59. The molecule has 0 amide bonds. The van der Waals surface area contributed by atoms with Crippen molar-refractivity contribution in [1.29, 1.82) is 0 Å². The second-order valence-electron chi connectivity index (χ2n) is 7.13. The van der Waals surface area contributed by atoms with Gasteiger partial charge in [-0.1, -0.05) is 29.8 Å². The first-order valence-electron chi connectivity index (χ1n) is 8.45. The van der Waals surface area contributed by atoms with Crippen LogP contribution < -0.4 is 4.18 Å². The number of aliphatic hydroxyl groups excluding tert-OH is 1. The Labute approximate surface area is 174 Å². The van der Waals surface area contributed by atoms with Gasteiger partial charge in [-0.05, 0) is 32.4 Å². The van der Waals surface area contributed by atoms with E-state index < -0.39 is 20.3 Å². The molecule has 1 N–H and O–H groups in total. The quantitative estimate of drug-likeness (QED) is 0.549. The molecule has 6 nitrogen and oxygen atoms in total. The van der Waals surface area contributed by atoms with Crippen molar-refractivity contribution in [3.8, 4) is 5.75 Å². The van der Waals surface area contributed by atoms with E-state index in [0.717, 1.165) is 17.8 Å². The van der Waals surface area contributed by atoms with Gasteiger partial charge in [0.05, 0.1) is 9.77 Å². The standard InChI is InChI=1S/C19H21ClN2O4S2/c1-11-8-9-12(14(20)17(11)26-27-22(4)5)18-16(23)15-13(7-6-10-21-15)19(2,3)28(18,24)25/h6-10,23H,1-5H3. The summed E-state index contributed by atoms with van der Waals surface area (Å²) in [5.74, 6) is -0.0649. The van der Waals surface area contributed by atoms with Crippen molar-refractivity contribution in [1.82, 2.24) is 9.29 Å². The number of rotatable bonds is 4. The monoisotopic (exact) mass is 440 g/mol. The minimum Gasteiger partial charge on any atom is -0.504 e. The number of aliphatic hydroxyl groups is 1. The third-order valence-corrected chi connectivity index (χ3v) is 8.07. The molecule has 28 heavy (non-hydrogen) atoms. The van der Waals surface area contributed by atoms with E-state index in [2.05, 4.69) is 4.98 Å². The van der Waals surface area contributed by atoms with Crippen LogP contribution in [0.4, 0.5) is 0 Å². The van der Waals surface area contributed by atoms with Crippen LogP contribution in [0.3, 0.4) is 0 Å². The minimum atomic E-state index is -3.97. The largest absolute Gasteiger partial charge is 0.504 e. The summed E-state index contributed by atoms with van der Waals surface area (Å²) in [4.78, 5) is 3.97. The van der Waals surface area contributed by atoms with Crippen LogP contribution in [-0.2, 0) is 14.6 Å². The number of fused-ring (bicyclic) bond motifs is 1. The van der Waals surface area contributed by atoms with Gasteiger partial charge in [0, 0.05) is 31.4 Å². The Bertz CT molecular complexity index is 1080. The topological polar surface area (TPSA) is 79.7 Å². The van der Waals surface area contributed by atoms with Gasteiger partial charge in [0.25, 0.3) is 0 Å². The van der Waals surface area contributed by atoms with E-state index in [1.165, 1.54) is 6.20 Å². The van der Waals surface area contributed by atoms with E-state index in [-0.39, 0.29) is 21.2 Å². The van der Waals surface area contributed by atoms with E-state index in [1.807, 2.05) is 21.0 Å². The second-order valence-corrected chi connectivity index (χ2v) is 11.0. The first-order chi connectivity index (χ1) is 13.0. The molecule has 150 valence electrons. The number of nitrogens with zero attached hydrogens (tertiary/aromatic N) is 2. The fourth-order valence-electron chi connectivity index (χ4n) is 3.03. The number of pyridine rings is 1. The van der Waals surface area contributed by atoms with E-state index in [1.54, 1.807) is 42.4 Å². The molecule has 3 rings (SSSR count). The molecule has 2 aromatic rings. The van der Waals surface area contributed by atoms with Crippen LogP contribution >= 0.6 is 23.8 Å². The lowest BCUT2D eigenvalue weighted by molar-refractivity contribution is 0.501. The third-order valence-electron chi connectivity index (χ3n) is 4.64. The molecule has 1 aliphatic rings. The summed E-state index contributed by atoms with van der Waals surface area (Å²) in [5, 5.41) is 11.0. The molecule has 0 atom stereocenters. The Hall–Kier alpha value is -1.74. The Balaban J connectivity index is 2.30. The zero-order chi connectivity index (χ0) is 20.9. The van der Waals surface area contributed by atoms with Crippen LogP contribution in [0.25, 0.3) is 10.7 Å². The summed E-state index contributed by atoms with van der Waals surface area (Å²) in [6, 6.07) is 6.60. The average Bonchev–Trinajstić information content (AvgIpc) is 2.62. The highest BCUT2D eigenvalue weighted by Crippen LogP contribution is 2.50. The maximum Gasteiger partial charge on any atom is 0.192 e. The number of sulfone groups is 1. The summed E-state index contributed by atoms with van der Waals surface area (Å²) < 4.78 is 33.1. The molecule has 2 heterocycles. The zero-order valence-corrected chi connectivity index (χ0v) is 18.5. The van der Waals surface area contributed by atoms with Gasteiger partial charge in [-0.2, -0.15) is 0 Å².